The van der Waals surface area contributed by atoms with Crippen LogP contribution in [0.5, 0.6) is 0 Å². The molecule has 0 aliphatic carbocycles. The largest absolute Gasteiger partial charge is 0.354 e. The molecule has 0 unspecified atom stereocenters. The molecule has 36 heavy (non-hydrogen) atoms. The molecule has 2 amide bonds. The van der Waals surface area contributed by atoms with Crippen molar-refractivity contribution in [3.63, 3.8) is 0 Å². The lowest BCUT2D eigenvalue weighted by atomic mass is 10.0. The molecule has 0 fully saturated rings. The summed E-state index contributed by atoms with van der Waals surface area (Å²) in [7, 11) is 0. The van der Waals surface area contributed by atoms with E-state index in [2.05, 4.69) is 50.4 Å². The Balaban J connectivity index is 1.84. The second kappa shape index (κ2) is 14.5. The third kappa shape index (κ3) is 8.56. The second-order valence-electron chi connectivity index (χ2n) is 9.28. The summed E-state index contributed by atoms with van der Waals surface area (Å²) >= 11 is 1.60. The highest BCUT2D eigenvalue weighted by atomic mass is 32.2. The van der Waals surface area contributed by atoms with Crippen molar-refractivity contribution in [3.05, 3.63) is 107 Å². The summed E-state index contributed by atoms with van der Waals surface area (Å²) in [6.07, 6.45) is 2.41. The fourth-order valence-electron chi connectivity index (χ4n) is 4.17. The first-order valence-electron chi connectivity index (χ1n) is 12.8. The molecule has 1 atom stereocenters. The van der Waals surface area contributed by atoms with Crippen LogP contribution in [0.2, 0.25) is 0 Å². The highest BCUT2D eigenvalue weighted by Crippen LogP contribution is 2.20. The predicted octanol–water partition coefficient (Wildman–Crippen LogP) is 6.09. The number of unbranched alkanes of at least 4 members (excludes halogenated alkanes) is 1. The van der Waals surface area contributed by atoms with Crippen LogP contribution >= 0.6 is 11.8 Å². The number of amides is 2. The van der Waals surface area contributed by atoms with Gasteiger partial charge in [0.1, 0.15) is 6.04 Å². The van der Waals surface area contributed by atoms with Gasteiger partial charge in [-0.3, -0.25) is 9.59 Å². The van der Waals surface area contributed by atoms with Crippen LogP contribution in [-0.2, 0) is 28.3 Å². The van der Waals surface area contributed by atoms with Gasteiger partial charge in [-0.05, 0) is 42.5 Å². The van der Waals surface area contributed by atoms with Gasteiger partial charge in [-0.1, -0.05) is 97.8 Å². The van der Waals surface area contributed by atoms with Crippen molar-refractivity contribution >= 4 is 23.6 Å². The minimum absolute atomic E-state index is 0.0116. The maximum Gasteiger partial charge on any atom is 0.243 e. The van der Waals surface area contributed by atoms with Gasteiger partial charge in [0.15, 0.2) is 0 Å². The van der Waals surface area contributed by atoms with Gasteiger partial charge in [0.2, 0.25) is 11.8 Å². The SMILES string of the molecule is CCCCNC(=O)[C@@H](Cc1ccccc1)N(Cc1ccccc1C)C(=O)CSCc1cccc(C)c1. The number of hydrogen-bond donors (Lipinski definition) is 1. The van der Waals surface area contributed by atoms with Gasteiger partial charge in [0, 0.05) is 25.3 Å². The van der Waals surface area contributed by atoms with Crippen LogP contribution in [0.1, 0.15) is 47.6 Å². The average molecular weight is 503 g/mol. The highest BCUT2D eigenvalue weighted by molar-refractivity contribution is 7.99. The molecule has 0 spiro atoms. The lowest BCUT2D eigenvalue weighted by Crippen LogP contribution is -2.51. The summed E-state index contributed by atoms with van der Waals surface area (Å²) in [6.45, 7) is 7.27. The monoisotopic (exact) mass is 502 g/mol. The van der Waals surface area contributed by atoms with Gasteiger partial charge >= 0.3 is 0 Å². The predicted molar refractivity (Wildman–Crippen MR) is 151 cm³/mol. The topological polar surface area (TPSA) is 49.4 Å². The molecule has 3 aromatic rings. The average Bonchev–Trinajstić information content (AvgIpc) is 2.88. The molecule has 190 valence electrons. The van der Waals surface area contributed by atoms with Crippen LogP contribution in [-0.4, -0.2) is 35.1 Å². The maximum absolute atomic E-state index is 13.7. The van der Waals surface area contributed by atoms with Crippen LogP contribution in [0.15, 0.2) is 78.9 Å². The van der Waals surface area contributed by atoms with Crippen LogP contribution in [0, 0.1) is 13.8 Å². The number of thioether (sulfide) groups is 1. The van der Waals surface area contributed by atoms with E-state index in [0.29, 0.717) is 25.3 Å². The van der Waals surface area contributed by atoms with Gasteiger partial charge in [0.25, 0.3) is 0 Å². The van der Waals surface area contributed by atoms with Crippen molar-refractivity contribution < 1.29 is 9.59 Å². The third-order valence-corrected chi connectivity index (χ3v) is 7.27. The van der Waals surface area contributed by atoms with E-state index in [1.165, 1.54) is 11.1 Å². The number of benzene rings is 3. The van der Waals surface area contributed by atoms with E-state index in [-0.39, 0.29) is 11.8 Å². The third-order valence-electron chi connectivity index (χ3n) is 6.28. The Hall–Kier alpha value is -3.05. The Morgan fingerprint density at radius 1 is 0.917 bits per heavy atom. The summed E-state index contributed by atoms with van der Waals surface area (Å²) in [5.41, 5.74) is 5.65. The minimum atomic E-state index is -0.573. The van der Waals surface area contributed by atoms with Gasteiger partial charge in [-0.25, -0.2) is 0 Å². The van der Waals surface area contributed by atoms with Crippen molar-refractivity contribution in [2.45, 2.75) is 58.4 Å². The van der Waals surface area contributed by atoms with E-state index in [0.717, 1.165) is 35.3 Å². The summed E-state index contributed by atoms with van der Waals surface area (Å²) in [5.74, 6) is 0.991. The molecule has 0 aliphatic heterocycles. The molecule has 0 heterocycles. The van der Waals surface area contributed by atoms with Crippen LogP contribution in [0.3, 0.4) is 0 Å². The van der Waals surface area contributed by atoms with Crippen LogP contribution in [0.25, 0.3) is 0 Å². The van der Waals surface area contributed by atoms with Gasteiger partial charge < -0.3 is 10.2 Å². The number of nitrogens with zero attached hydrogens (tertiary/aromatic N) is 1. The minimum Gasteiger partial charge on any atom is -0.354 e. The number of aryl methyl sites for hydroxylation is 2. The van der Waals surface area contributed by atoms with Crippen molar-refractivity contribution in [1.29, 1.82) is 0 Å². The van der Waals surface area contributed by atoms with Crippen molar-refractivity contribution in [2.75, 3.05) is 12.3 Å². The smallest absolute Gasteiger partial charge is 0.243 e. The zero-order chi connectivity index (χ0) is 25.8. The van der Waals surface area contributed by atoms with Gasteiger partial charge in [-0.15, -0.1) is 11.8 Å². The molecule has 0 bridgehead atoms. The number of rotatable bonds is 13. The lowest BCUT2D eigenvalue weighted by Gasteiger charge is -2.32. The Labute approximate surface area is 220 Å². The summed E-state index contributed by atoms with van der Waals surface area (Å²) in [4.78, 5) is 29.0. The van der Waals surface area contributed by atoms with Gasteiger partial charge in [-0.2, -0.15) is 0 Å². The molecule has 1 N–H and O–H groups in total. The molecule has 0 aromatic heterocycles. The quantitative estimate of drug-likeness (QED) is 0.288. The summed E-state index contributed by atoms with van der Waals surface area (Å²) < 4.78 is 0. The highest BCUT2D eigenvalue weighted by Gasteiger charge is 2.30. The Morgan fingerprint density at radius 3 is 2.36 bits per heavy atom. The summed E-state index contributed by atoms with van der Waals surface area (Å²) in [6, 6.07) is 25.9. The number of nitrogens with one attached hydrogen (secondary N) is 1. The molecule has 0 radical (unpaired) electrons. The Kier molecular flexibility index (Phi) is 11.1. The molecule has 5 heteroatoms. The van der Waals surface area contributed by atoms with E-state index in [1.807, 2.05) is 54.6 Å². The van der Waals surface area contributed by atoms with Crippen molar-refractivity contribution in [3.8, 4) is 0 Å². The van der Waals surface area contributed by atoms with Crippen LogP contribution in [0.4, 0.5) is 0 Å². The zero-order valence-corrected chi connectivity index (χ0v) is 22.5. The standard InChI is InChI=1S/C31H38N2O2S/c1-4-5-18-32-31(35)29(20-26-14-7-6-8-15-26)33(21-28-17-10-9-13-25(28)3)30(34)23-36-22-27-16-11-12-24(2)19-27/h6-17,19,29H,4-5,18,20-23H2,1-3H3,(H,32,35)/t29-/m1/s1. The van der Waals surface area contributed by atoms with E-state index >= 15 is 0 Å². The first-order valence-corrected chi connectivity index (χ1v) is 13.9. The second-order valence-corrected chi connectivity index (χ2v) is 10.3. The van der Waals surface area contributed by atoms with Crippen LogP contribution < -0.4 is 5.32 Å². The molecular formula is C31H38N2O2S. The fraction of sp³-hybridized carbons (Fsp3) is 0.355. The van der Waals surface area contributed by atoms with Crippen molar-refractivity contribution in [2.24, 2.45) is 0 Å². The first kappa shape index (κ1) is 27.5. The first-order chi connectivity index (χ1) is 17.5. The maximum atomic E-state index is 13.7. The lowest BCUT2D eigenvalue weighted by molar-refractivity contribution is -0.139. The molecule has 3 aromatic carbocycles. The Bertz CT molecular complexity index is 1120. The van der Waals surface area contributed by atoms with Gasteiger partial charge in [0.05, 0.1) is 5.75 Å². The van der Waals surface area contributed by atoms with E-state index in [1.54, 1.807) is 16.7 Å². The number of carbonyl (C=O) groups excluding carboxylic acids is 2. The van der Waals surface area contributed by atoms with E-state index in [9.17, 15) is 9.59 Å². The fourth-order valence-corrected chi connectivity index (χ4v) is 5.03. The van der Waals surface area contributed by atoms with E-state index < -0.39 is 6.04 Å². The van der Waals surface area contributed by atoms with E-state index in [4.69, 9.17) is 0 Å². The number of carbonyl (C=O) groups is 2. The molecule has 3 rings (SSSR count). The number of hydrogen-bond acceptors (Lipinski definition) is 3. The van der Waals surface area contributed by atoms with Crippen molar-refractivity contribution in [1.82, 2.24) is 10.2 Å². The molecule has 4 nitrogen and oxygen atoms in total. The Morgan fingerprint density at radius 2 is 1.64 bits per heavy atom. The zero-order valence-electron chi connectivity index (χ0n) is 21.7. The molecule has 0 saturated carbocycles. The molecular weight excluding hydrogens is 464 g/mol. The summed E-state index contributed by atoms with van der Waals surface area (Å²) in [5, 5.41) is 3.09. The molecule has 0 aliphatic rings. The normalized spacial score (nSPS) is 11.6. The molecule has 0 saturated heterocycles.